The van der Waals surface area contributed by atoms with Crippen LogP contribution in [0, 0.1) is 6.92 Å². The molecule has 0 atom stereocenters. The summed E-state index contributed by atoms with van der Waals surface area (Å²) in [5.41, 5.74) is 9.11. The average Bonchev–Trinajstić information content (AvgIpc) is 2.88. The topological polar surface area (TPSA) is 89.4 Å². The molecule has 0 aromatic carbocycles. The van der Waals surface area contributed by atoms with Crippen molar-refractivity contribution >= 4 is 11.8 Å². The van der Waals surface area contributed by atoms with E-state index in [1.165, 1.54) is 0 Å². The minimum absolute atomic E-state index is 0.0356. The van der Waals surface area contributed by atoms with Crippen LogP contribution < -0.4 is 5.73 Å². The number of nitrogen functional groups attached to an aromatic ring is 1. The van der Waals surface area contributed by atoms with Gasteiger partial charge in [-0.25, -0.2) is 9.78 Å². The Morgan fingerprint density at radius 3 is 2.65 bits per heavy atom. The summed E-state index contributed by atoms with van der Waals surface area (Å²) in [4.78, 5) is 15.6. The maximum atomic E-state index is 11.3. The number of nitrogens with two attached hydrogens (primary N) is 1. The van der Waals surface area contributed by atoms with Crippen molar-refractivity contribution in [3.8, 4) is 11.5 Å². The highest BCUT2D eigenvalue weighted by Crippen LogP contribution is 2.32. The van der Waals surface area contributed by atoms with Gasteiger partial charge in [0.25, 0.3) is 0 Å². The predicted molar refractivity (Wildman–Crippen MR) is 76.8 cm³/mol. The van der Waals surface area contributed by atoms with Crippen LogP contribution >= 0.6 is 0 Å². The lowest BCUT2D eigenvalue weighted by atomic mass is 9.97. The van der Waals surface area contributed by atoms with Crippen LogP contribution in [0.5, 0.6) is 0 Å². The highest BCUT2D eigenvalue weighted by molar-refractivity contribution is 5.95. The predicted octanol–water partition coefficient (Wildman–Crippen LogP) is 3.06. The summed E-state index contributed by atoms with van der Waals surface area (Å²) >= 11 is 0. The molecular formula is C15H18N2O3. The van der Waals surface area contributed by atoms with Crippen molar-refractivity contribution in [1.82, 2.24) is 4.98 Å². The highest BCUT2D eigenvalue weighted by Gasteiger charge is 2.22. The zero-order valence-electron chi connectivity index (χ0n) is 11.9. The summed E-state index contributed by atoms with van der Waals surface area (Å²) in [5.74, 6) is -0.339. The third-order valence-corrected chi connectivity index (χ3v) is 3.51. The van der Waals surface area contributed by atoms with Gasteiger partial charge in [0.15, 0.2) is 5.76 Å². The zero-order valence-corrected chi connectivity index (χ0v) is 11.9. The van der Waals surface area contributed by atoms with Crippen LogP contribution in [0.15, 0.2) is 16.7 Å². The molecule has 0 spiro atoms. The van der Waals surface area contributed by atoms with Crippen molar-refractivity contribution in [2.75, 3.05) is 5.73 Å². The molecule has 2 aromatic heterocycles. The lowest BCUT2D eigenvalue weighted by Crippen LogP contribution is -2.12. The molecule has 0 saturated heterocycles. The second kappa shape index (κ2) is 5.36. The van der Waals surface area contributed by atoms with E-state index in [0.717, 1.165) is 17.5 Å². The Balaban J connectivity index is 2.74. The summed E-state index contributed by atoms with van der Waals surface area (Å²) in [6.45, 7) is 5.79. The van der Waals surface area contributed by atoms with Gasteiger partial charge in [0.05, 0.1) is 6.26 Å². The SMILES string of the molecule is CCc1ccoc1-c1nc(N)c(C(=O)O)c(CC)c1C. The Morgan fingerprint density at radius 1 is 1.40 bits per heavy atom. The number of carboxylic acid groups (broad SMARTS) is 1. The molecule has 0 aliphatic heterocycles. The second-order valence-electron chi connectivity index (χ2n) is 4.61. The Morgan fingerprint density at radius 2 is 2.10 bits per heavy atom. The summed E-state index contributed by atoms with van der Waals surface area (Å²) in [6.07, 6.45) is 3.01. The highest BCUT2D eigenvalue weighted by atomic mass is 16.4. The van der Waals surface area contributed by atoms with Crippen molar-refractivity contribution in [1.29, 1.82) is 0 Å². The van der Waals surface area contributed by atoms with Crippen LogP contribution in [0.3, 0.4) is 0 Å². The summed E-state index contributed by atoms with van der Waals surface area (Å²) in [5, 5.41) is 9.28. The molecule has 5 heteroatoms. The van der Waals surface area contributed by atoms with E-state index in [2.05, 4.69) is 4.98 Å². The lowest BCUT2D eigenvalue weighted by molar-refractivity contribution is 0.0696. The zero-order chi connectivity index (χ0) is 14.9. The standard InChI is InChI=1S/C15H18N2O3/c1-4-9-6-7-20-13(9)12-8(3)10(5-2)11(15(18)19)14(16)17-12/h6-7H,4-5H2,1-3H3,(H2,16,17)(H,18,19). The Hall–Kier alpha value is -2.30. The van der Waals surface area contributed by atoms with Crippen LogP contribution in [0.25, 0.3) is 11.5 Å². The summed E-state index contributed by atoms with van der Waals surface area (Å²) in [7, 11) is 0. The largest absolute Gasteiger partial charge is 0.478 e. The smallest absolute Gasteiger partial charge is 0.339 e. The Bertz CT molecular complexity index is 659. The maximum Gasteiger partial charge on any atom is 0.339 e. The van der Waals surface area contributed by atoms with Gasteiger partial charge in [0.1, 0.15) is 17.1 Å². The fraction of sp³-hybridized carbons (Fsp3) is 0.333. The third-order valence-electron chi connectivity index (χ3n) is 3.51. The second-order valence-corrected chi connectivity index (χ2v) is 4.61. The molecule has 0 saturated carbocycles. The third kappa shape index (κ3) is 2.15. The van der Waals surface area contributed by atoms with Gasteiger partial charge in [-0.2, -0.15) is 0 Å². The van der Waals surface area contributed by atoms with Gasteiger partial charge in [-0.3, -0.25) is 0 Å². The molecule has 2 rings (SSSR count). The number of furan rings is 1. The van der Waals surface area contributed by atoms with Gasteiger partial charge < -0.3 is 15.3 Å². The molecule has 20 heavy (non-hydrogen) atoms. The van der Waals surface area contributed by atoms with Crippen molar-refractivity contribution in [2.24, 2.45) is 0 Å². The number of aryl methyl sites for hydroxylation is 1. The number of carbonyl (C=O) groups is 1. The molecule has 2 aromatic rings. The molecule has 0 radical (unpaired) electrons. The number of carboxylic acids is 1. The first-order valence-electron chi connectivity index (χ1n) is 6.60. The van der Waals surface area contributed by atoms with E-state index >= 15 is 0 Å². The minimum Gasteiger partial charge on any atom is -0.478 e. The Kier molecular flexibility index (Phi) is 3.79. The fourth-order valence-corrected chi connectivity index (χ4v) is 2.47. The molecule has 106 valence electrons. The number of aromatic carboxylic acids is 1. The first kappa shape index (κ1) is 14.1. The molecule has 3 N–H and O–H groups in total. The van der Waals surface area contributed by atoms with Crippen molar-refractivity contribution in [2.45, 2.75) is 33.6 Å². The molecule has 0 amide bonds. The first-order chi connectivity index (χ1) is 9.51. The van der Waals surface area contributed by atoms with Gasteiger partial charge in [0, 0.05) is 0 Å². The average molecular weight is 274 g/mol. The van der Waals surface area contributed by atoms with Crippen LogP contribution in [-0.2, 0) is 12.8 Å². The molecule has 0 unspecified atom stereocenters. The molecule has 0 aliphatic carbocycles. The molecule has 0 bridgehead atoms. The minimum atomic E-state index is -1.04. The van der Waals surface area contributed by atoms with E-state index in [0.29, 0.717) is 23.4 Å². The Labute approximate surface area is 117 Å². The van der Waals surface area contributed by atoms with E-state index in [1.54, 1.807) is 6.26 Å². The van der Waals surface area contributed by atoms with Crippen molar-refractivity contribution in [3.63, 3.8) is 0 Å². The van der Waals surface area contributed by atoms with E-state index < -0.39 is 5.97 Å². The quantitative estimate of drug-likeness (QED) is 0.894. The van der Waals surface area contributed by atoms with E-state index in [9.17, 15) is 9.90 Å². The molecule has 0 fully saturated rings. The number of nitrogens with zero attached hydrogens (tertiary/aromatic N) is 1. The van der Waals surface area contributed by atoms with Crippen LogP contribution in [0.4, 0.5) is 5.82 Å². The van der Waals surface area contributed by atoms with Crippen LogP contribution in [0.1, 0.15) is 40.9 Å². The van der Waals surface area contributed by atoms with Gasteiger partial charge in [-0.15, -0.1) is 0 Å². The van der Waals surface area contributed by atoms with Crippen LogP contribution in [0.2, 0.25) is 0 Å². The number of rotatable bonds is 4. The molecule has 2 heterocycles. The fourth-order valence-electron chi connectivity index (χ4n) is 2.47. The monoisotopic (exact) mass is 274 g/mol. The first-order valence-corrected chi connectivity index (χ1v) is 6.60. The molecule has 0 aliphatic rings. The van der Waals surface area contributed by atoms with Gasteiger partial charge in [-0.1, -0.05) is 13.8 Å². The molecule has 5 nitrogen and oxygen atoms in total. The van der Waals surface area contributed by atoms with Crippen molar-refractivity contribution in [3.05, 3.63) is 34.6 Å². The lowest BCUT2D eigenvalue weighted by Gasteiger charge is -2.14. The number of pyridine rings is 1. The number of aromatic nitrogens is 1. The van der Waals surface area contributed by atoms with Gasteiger partial charge in [-0.05, 0) is 42.5 Å². The van der Waals surface area contributed by atoms with Gasteiger partial charge in [0.2, 0.25) is 0 Å². The summed E-state index contributed by atoms with van der Waals surface area (Å²) < 4.78 is 5.51. The maximum absolute atomic E-state index is 11.3. The van der Waals surface area contributed by atoms with E-state index in [4.69, 9.17) is 10.2 Å². The van der Waals surface area contributed by atoms with Crippen molar-refractivity contribution < 1.29 is 14.3 Å². The van der Waals surface area contributed by atoms with E-state index in [-0.39, 0.29) is 11.4 Å². The number of hydrogen-bond acceptors (Lipinski definition) is 4. The van der Waals surface area contributed by atoms with Crippen LogP contribution in [-0.4, -0.2) is 16.1 Å². The summed E-state index contributed by atoms with van der Waals surface area (Å²) in [6, 6.07) is 1.89. The van der Waals surface area contributed by atoms with Gasteiger partial charge >= 0.3 is 5.97 Å². The van der Waals surface area contributed by atoms with E-state index in [1.807, 2.05) is 26.8 Å². The number of hydrogen-bond donors (Lipinski definition) is 2. The molecular weight excluding hydrogens is 256 g/mol. The number of anilines is 1. The normalized spacial score (nSPS) is 10.8.